The van der Waals surface area contributed by atoms with Gasteiger partial charge in [-0.15, -0.1) is 5.10 Å². The minimum Gasteiger partial charge on any atom is -0.345 e. The lowest BCUT2D eigenvalue weighted by atomic mass is 10.1. The third-order valence-corrected chi connectivity index (χ3v) is 4.73. The van der Waals surface area contributed by atoms with Gasteiger partial charge in [-0.3, -0.25) is 4.79 Å². The molecular formula is C21H15ClF3N5O. The Balaban J connectivity index is 1.69. The van der Waals surface area contributed by atoms with E-state index in [1.165, 1.54) is 0 Å². The van der Waals surface area contributed by atoms with E-state index >= 15 is 0 Å². The van der Waals surface area contributed by atoms with E-state index < -0.39 is 23.6 Å². The summed E-state index contributed by atoms with van der Waals surface area (Å²) in [7, 11) is 0. The molecule has 6 nitrogen and oxygen atoms in total. The van der Waals surface area contributed by atoms with E-state index in [4.69, 9.17) is 11.6 Å². The Hall–Kier alpha value is -3.46. The number of carbonyl (C=O) groups is 1. The van der Waals surface area contributed by atoms with Gasteiger partial charge in [0.15, 0.2) is 5.69 Å². The summed E-state index contributed by atoms with van der Waals surface area (Å²) in [4.78, 5) is 20.5. The first-order valence-electron chi connectivity index (χ1n) is 9.15. The second-order valence-electron chi connectivity index (χ2n) is 6.85. The maximum absolute atomic E-state index is 13.7. The maximum Gasteiger partial charge on any atom is 0.433 e. The predicted octanol–water partition coefficient (Wildman–Crippen LogP) is 4.70. The van der Waals surface area contributed by atoms with E-state index in [0.29, 0.717) is 15.1 Å². The van der Waals surface area contributed by atoms with Gasteiger partial charge in [-0.1, -0.05) is 53.6 Å². The number of nitrogens with zero attached hydrogens (tertiary/aromatic N) is 4. The summed E-state index contributed by atoms with van der Waals surface area (Å²) in [6, 6.07) is 14.6. The van der Waals surface area contributed by atoms with Crippen molar-refractivity contribution >= 4 is 23.3 Å². The fourth-order valence-corrected chi connectivity index (χ4v) is 3.16. The number of aryl methyl sites for hydroxylation is 1. The average molecular weight is 446 g/mol. The number of fused-ring (bicyclic) bond motifs is 1. The highest BCUT2D eigenvalue weighted by Gasteiger charge is 2.36. The highest BCUT2D eigenvalue weighted by molar-refractivity contribution is 6.30. The number of halogens is 4. The molecule has 0 saturated heterocycles. The average Bonchev–Trinajstić information content (AvgIpc) is 3.15. The van der Waals surface area contributed by atoms with Gasteiger partial charge >= 0.3 is 6.18 Å². The molecular weight excluding hydrogens is 431 g/mol. The third kappa shape index (κ3) is 4.51. The van der Waals surface area contributed by atoms with Gasteiger partial charge in [0.05, 0.1) is 5.69 Å². The minimum absolute atomic E-state index is 0.0816. The van der Waals surface area contributed by atoms with Crippen LogP contribution in [0.4, 0.5) is 13.2 Å². The first kappa shape index (κ1) is 20.8. The summed E-state index contributed by atoms with van der Waals surface area (Å²) in [5.41, 5.74) is 1.18. The Morgan fingerprint density at radius 1 is 1.10 bits per heavy atom. The van der Waals surface area contributed by atoms with Crippen LogP contribution in [-0.4, -0.2) is 25.5 Å². The van der Waals surface area contributed by atoms with E-state index in [2.05, 4.69) is 20.4 Å². The zero-order valence-corrected chi connectivity index (χ0v) is 16.9. The Bertz CT molecular complexity index is 1270. The molecule has 0 aliphatic heterocycles. The molecule has 4 rings (SSSR count). The lowest BCUT2D eigenvalue weighted by molar-refractivity contribution is -0.142. The van der Waals surface area contributed by atoms with Crippen molar-refractivity contribution in [1.29, 1.82) is 0 Å². The molecule has 0 spiro atoms. The third-order valence-electron chi connectivity index (χ3n) is 4.50. The van der Waals surface area contributed by atoms with Crippen molar-refractivity contribution in [1.82, 2.24) is 24.9 Å². The van der Waals surface area contributed by atoms with Gasteiger partial charge < -0.3 is 5.32 Å². The highest BCUT2D eigenvalue weighted by Crippen LogP contribution is 2.32. The number of aromatic nitrogens is 4. The molecule has 0 aliphatic rings. The summed E-state index contributed by atoms with van der Waals surface area (Å²) in [6.07, 6.45) is -4.72. The van der Waals surface area contributed by atoms with Gasteiger partial charge in [0, 0.05) is 17.1 Å². The lowest BCUT2D eigenvalue weighted by Gasteiger charge is -2.10. The standard InChI is InChI=1S/C21H15ClF3N5O/c1-12-5-7-14(8-6-12)16-10-17(21(23,24)25)30-20(27-16)28-18(29-30)19(31)26-11-13-3-2-4-15(22)9-13/h2-10H,11H2,1H3,(H,26,31). The second-order valence-corrected chi connectivity index (χ2v) is 7.29. The van der Waals surface area contributed by atoms with Crippen molar-refractivity contribution in [2.75, 3.05) is 0 Å². The van der Waals surface area contributed by atoms with Crippen LogP contribution >= 0.6 is 11.6 Å². The van der Waals surface area contributed by atoms with Crippen molar-refractivity contribution in [3.05, 3.63) is 82.3 Å². The van der Waals surface area contributed by atoms with Gasteiger partial charge in [0.1, 0.15) is 0 Å². The fraction of sp³-hybridized carbons (Fsp3) is 0.143. The molecule has 0 bridgehead atoms. The molecule has 0 aliphatic carbocycles. The number of alkyl halides is 3. The number of amides is 1. The van der Waals surface area contributed by atoms with E-state index in [-0.39, 0.29) is 18.0 Å². The lowest BCUT2D eigenvalue weighted by Crippen LogP contribution is -2.24. The van der Waals surface area contributed by atoms with Crippen molar-refractivity contribution in [3.63, 3.8) is 0 Å². The first-order chi connectivity index (χ1) is 14.7. The summed E-state index contributed by atoms with van der Waals surface area (Å²) in [5.74, 6) is -1.46. The van der Waals surface area contributed by atoms with Gasteiger partial charge in [-0.05, 0) is 30.7 Å². The van der Waals surface area contributed by atoms with Crippen LogP contribution in [0.1, 0.15) is 27.4 Å². The van der Waals surface area contributed by atoms with Crippen molar-refractivity contribution in [3.8, 4) is 11.3 Å². The topological polar surface area (TPSA) is 72.2 Å². The first-order valence-corrected chi connectivity index (χ1v) is 9.53. The molecule has 1 amide bonds. The number of benzene rings is 2. The molecule has 31 heavy (non-hydrogen) atoms. The van der Waals surface area contributed by atoms with Gasteiger partial charge in [-0.2, -0.15) is 22.7 Å². The zero-order valence-electron chi connectivity index (χ0n) is 16.1. The number of nitrogens with one attached hydrogen (secondary N) is 1. The van der Waals surface area contributed by atoms with Crippen LogP contribution in [0.2, 0.25) is 5.02 Å². The van der Waals surface area contributed by atoms with E-state index in [0.717, 1.165) is 17.2 Å². The van der Waals surface area contributed by atoms with E-state index in [1.54, 1.807) is 48.5 Å². The Labute approximate surface area is 179 Å². The number of carbonyl (C=O) groups excluding carboxylic acids is 1. The highest BCUT2D eigenvalue weighted by atomic mass is 35.5. The molecule has 0 unspecified atom stereocenters. The number of rotatable bonds is 4. The Kier molecular flexibility index (Phi) is 5.36. The van der Waals surface area contributed by atoms with Crippen LogP contribution in [0.3, 0.4) is 0 Å². The van der Waals surface area contributed by atoms with Gasteiger partial charge in [0.2, 0.25) is 5.82 Å². The molecule has 0 atom stereocenters. The SMILES string of the molecule is Cc1ccc(-c2cc(C(F)(F)F)n3nc(C(=O)NCc4cccc(Cl)c4)nc3n2)cc1. The van der Waals surface area contributed by atoms with Crippen LogP contribution in [-0.2, 0) is 12.7 Å². The van der Waals surface area contributed by atoms with Crippen LogP contribution in [0.15, 0.2) is 54.6 Å². The Morgan fingerprint density at radius 3 is 2.52 bits per heavy atom. The van der Waals surface area contributed by atoms with E-state index in [1.807, 2.05) is 6.92 Å². The molecule has 0 radical (unpaired) electrons. The molecule has 2 aromatic carbocycles. The van der Waals surface area contributed by atoms with Crippen LogP contribution in [0.5, 0.6) is 0 Å². The maximum atomic E-state index is 13.7. The van der Waals surface area contributed by atoms with Gasteiger partial charge in [0.25, 0.3) is 11.7 Å². The largest absolute Gasteiger partial charge is 0.433 e. The zero-order chi connectivity index (χ0) is 22.2. The summed E-state index contributed by atoms with van der Waals surface area (Å²) in [6.45, 7) is 1.98. The number of hydrogen-bond acceptors (Lipinski definition) is 4. The second kappa shape index (κ2) is 7.99. The normalized spacial score (nSPS) is 11.6. The summed E-state index contributed by atoms with van der Waals surface area (Å²) >= 11 is 5.91. The monoisotopic (exact) mass is 445 g/mol. The Morgan fingerprint density at radius 2 is 1.84 bits per heavy atom. The summed E-state index contributed by atoms with van der Waals surface area (Å²) in [5, 5.41) is 6.81. The predicted molar refractivity (Wildman–Crippen MR) is 109 cm³/mol. The smallest absolute Gasteiger partial charge is 0.345 e. The quantitative estimate of drug-likeness (QED) is 0.494. The molecule has 0 fully saturated rings. The van der Waals surface area contributed by atoms with Crippen LogP contribution in [0.25, 0.3) is 17.0 Å². The van der Waals surface area contributed by atoms with Crippen LogP contribution < -0.4 is 5.32 Å². The fourth-order valence-electron chi connectivity index (χ4n) is 2.95. The molecule has 0 saturated carbocycles. The molecule has 4 aromatic rings. The molecule has 2 heterocycles. The van der Waals surface area contributed by atoms with E-state index in [9.17, 15) is 18.0 Å². The van der Waals surface area contributed by atoms with Crippen molar-refractivity contribution in [2.24, 2.45) is 0 Å². The summed E-state index contributed by atoms with van der Waals surface area (Å²) < 4.78 is 41.5. The number of hydrogen-bond donors (Lipinski definition) is 1. The molecule has 158 valence electrons. The molecule has 2 aromatic heterocycles. The molecule has 10 heteroatoms. The van der Waals surface area contributed by atoms with Gasteiger partial charge in [-0.25, -0.2) is 4.98 Å². The van der Waals surface area contributed by atoms with Crippen molar-refractivity contribution < 1.29 is 18.0 Å². The minimum atomic E-state index is -4.72. The molecule has 1 N–H and O–H groups in total. The van der Waals surface area contributed by atoms with Crippen molar-refractivity contribution in [2.45, 2.75) is 19.6 Å². The van der Waals surface area contributed by atoms with Crippen LogP contribution in [0, 0.1) is 6.92 Å².